The van der Waals surface area contributed by atoms with Crippen LogP contribution in [0.3, 0.4) is 0 Å². The van der Waals surface area contributed by atoms with Crippen molar-refractivity contribution < 1.29 is 13.2 Å². The summed E-state index contributed by atoms with van der Waals surface area (Å²) in [7, 11) is 0. The number of alkyl halides is 3. The lowest BCUT2D eigenvalue weighted by molar-refractivity contribution is -0.136. The maximum absolute atomic E-state index is 12.8. The van der Waals surface area contributed by atoms with Crippen LogP contribution in [0.5, 0.6) is 0 Å². The molecule has 114 valence electrons. The van der Waals surface area contributed by atoms with Crippen molar-refractivity contribution in [3.05, 3.63) is 57.1 Å². The molecule has 2 aromatic heterocycles. The first kappa shape index (κ1) is 14.6. The fourth-order valence-electron chi connectivity index (χ4n) is 2.14. The van der Waals surface area contributed by atoms with Crippen molar-refractivity contribution in [2.24, 2.45) is 0 Å². The van der Waals surface area contributed by atoms with E-state index in [-0.39, 0.29) is 0 Å². The number of halogens is 4. The zero-order valence-electron chi connectivity index (χ0n) is 11.2. The Morgan fingerprint density at radius 3 is 2.68 bits per heavy atom. The summed E-state index contributed by atoms with van der Waals surface area (Å²) in [5, 5.41) is 4.11. The second-order valence-electron chi connectivity index (χ2n) is 4.81. The van der Waals surface area contributed by atoms with Crippen LogP contribution in [0.1, 0.15) is 11.1 Å². The molecule has 0 amide bonds. The van der Waals surface area contributed by atoms with Crippen LogP contribution in [-0.2, 0) is 6.18 Å². The molecule has 0 bridgehead atoms. The normalized spacial score (nSPS) is 12.0. The Kier molecular flexibility index (Phi) is 3.25. The summed E-state index contributed by atoms with van der Waals surface area (Å²) in [5.41, 5.74) is -0.696. The smallest absolute Gasteiger partial charge is 0.319 e. The Labute approximate surface area is 127 Å². The van der Waals surface area contributed by atoms with Gasteiger partial charge in [-0.15, -0.1) is 0 Å². The minimum atomic E-state index is -4.64. The lowest BCUT2D eigenvalue weighted by Gasteiger charge is -2.06. The van der Waals surface area contributed by atoms with E-state index in [0.717, 1.165) is 10.1 Å². The molecule has 3 rings (SSSR count). The average molecular weight is 328 g/mol. The van der Waals surface area contributed by atoms with Gasteiger partial charge in [0.2, 0.25) is 0 Å². The zero-order chi connectivity index (χ0) is 16.1. The van der Waals surface area contributed by atoms with Gasteiger partial charge in [-0.2, -0.15) is 18.3 Å². The highest BCUT2D eigenvalue weighted by molar-refractivity contribution is 6.31. The van der Waals surface area contributed by atoms with Gasteiger partial charge >= 0.3 is 6.18 Å². The number of rotatable bonds is 1. The van der Waals surface area contributed by atoms with Gasteiger partial charge in [-0.25, -0.2) is 4.52 Å². The van der Waals surface area contributed by atoms with Crippen molar-refractivity contribution in [1.82, 2.24) is 14.6 Å². The predicted molar refractivity (Wildman–Crippen MR) is 76.0 cm³/mol. The van der Waals surface area contributed by atoms with Gasteiger partial charge in [-0.05, 0) is 18.6 Å². The largest absolute Gasteiger partial charge is 0.420 e. The third-order valence-electron chi connectivity index (χ3n) is 3.30. The quantitative estimate of drug-likeness (QED) is 0.741. The number of aryl methyl sites for hydroxylation is 1. The van der Waals surface area contributed by atoms with Crippen molar-refractivity contribution in [2.75, 3.05) is 0 Å². The molecule has 0 aliphatic carbocycles. The van der Waals surface area contributed by atoms with Gasteiger partial charge in [0.1, 0.15) is 11.1 Å². The zero-order valence-corrected chi connectivity index (χ0v) is 12.0. The summed E-state index contributed by atoms with van der Waals surface area (Å²) in [5.74, 6) is 0. The van der Waals surface area contributed by atoms with E-state index < -0.39 is 22.8 Å². The molecule has 0 aliphatic heterocycles. The molecule has 2 heterocycles. The highest BCUT2D eigenvalue weighted by Crippen LogP contribution is 2.31. The van der Waals surface area contributed by atoms with E-state index in [1.807, 2.05) is 6.92 Å². The molecular formula is C14H9ClF3N3O. The van der Waals surface area contributed by atoms with Gasteiger partial charge in [0.25, 0.3) is 5.56 Å². The molecule has 0 aliphatic rings. The molecule has 0 saturated carbocycles. The SMILES string of the molecule is Cc1ccc(-c2cn3ncc(C(F)(F)F)c3c(=O)[nH]2)cc1Cl. The second kappa shape index (κ2) is 4.88. The fraction of sp³-hybridized carbons (Fsp3) is 0.143. The standard InChI is InChI=1S/C14H9ClF3N3O/c1-7-2-3-8(4-10(7)15)11-6-21-12(13(22)20-11)9(5-19-21)14(16,17)18/h2-6H,1H3,(H,20,22). The number of aromatic nitrogens is 3. The summed E-state index contributed by atoms with van der Waals surface area (Å²) in [4.78, 5) is 14.4. The van der Waals surface area contributed by atoms with Crippen molar-refractivity contribution in [2.45, 2.75) is 13.1 Å². The molecule has 3 aromatic rings. The molecule has 4 nitrogen and oxygen atoms in total. The van der Waals surface area contributed by atoms with Crippen LogP contribution < -0.4 is 5.56 Å². The van der Waals surface area contributed by atoms with Crippen molar-refractivity contribution in [1.29, 1.82) is 0 Å². The second-order valence-corrected chi connectivity index (χ2v) is 5.22. The summed E-state index contributed by atoms with van der Waals surface area (Å²) in [6, 6.07) is 5.10. The van der Waals surface area contributed by atoms with Gasteiger partial charge in [0.15, 0.2) is 0 Å². The van der Waals surface area contributed by atoms with E-state index in [9.17, 15) is 18.0 Å². The minimum Gasteiger partial charge on any atom is -0.319 e. The van der Waals surface area contributed by atoms with Crippen molar-refractivity contribution in [3.63, 3.8) is 0 Å². The van der Waals surface area contributed by atoms with E-state index in [2.05, 4.69) is 10.1 Å². The number of nitrogens with zero attached hydrogens (tertiary/aromatic N) is 2. The average Bonchev–Trinajstić information content (AvgIpc) is 2.86. The topological polar surface area (TPSA) is 50.2 Å². The molecule has 0 unspecified atom stereocenters. The first-order valence-electron chi connectivity index (χ1n) is 6.22. The van der Waals surface area contributed by atoms with Crippen LogP contribution in [-0.4, -0.2) is 14.6 Å². The Morgan fingerprint density at radius 2 is 2.05 bits per heavy atom. The van der Waals surface area contributed by atoms with Crippen LogP contribution in [0.15, 0.2) is 35.4 Å². The number of H-pyrrole nitrogens is 1. The maximum atomic E-state index is 12.8. The van der Waals surface area contributed by atoms with Gasteiger partial charge < -0.3 is 4.98 Å². The Hall–Kier alpha value is -2.28. The first-order valence-corrected chi connectivity index (χ1v) is 6.59. The highest BCUT2D eigenvalue weighted by Gasteiger charge is 2.35. The molecule has 0 spiro atoms. The minimum absolute atomic E-state index is 0.330. The van der Waals surface area contributed by atoms with E-state index >= 15 is 0 Å². The van der Waals surface area contributed by atoms with Gasteiger partial charge in [-0.3, -0.25) is 4.79 Å². The van der Waals surface area contributed by atoms with Crippen LogP contribution in [0.25, 0.3) is 16.8 Å². The van der Waals surface area contributed by atoms with Gasteiger partial charge in [-0.1, -0.05) is 23.7 Å². The molecule has 1 aromatic carbocycles. The summed E-state index contributed by atoms with van der Waals surface area (Å²) in [6.07, 6.45) is -2.67. The van der Waals surface area contributed by atoms with Crippen molar-refractivity contribution >= 4 is 17.1 Å². The predicted octanol–water partition coefficient (Wildman–Crippen LogP) is 3.67. The molecule has 0 radical (unpaired) electrons. The Balaban J connectivity index is 2.22. The first-order chi connectivity index (χ1) is 10.3. The number of fused-ring (bicyclic) bond motifs is 1. The molecular weight excluding hydrogens is 319 g/mol. The number of hydrogen-bond donors (Lipinski definition) is 1. The summed E-state index contributed by atoms with van der Waals surface area (Å²) < 4.78 is 39.4. The van der Waals surface area contributed by atoms with Crippen LogP contribution >= 0.6 is 11.6 Å². The van der Waals surface area contributed by atoms with E-state index in [0.29, 0.717) is 22.5 Å². The number of hydrogen-bond acceptors (Lipinski definition) is 2. The lowest BCUT2D eigenvalue weighted by atomic mass is 10.1. The Morgan fingerprint density at radius 1 is 1.32 bits per heavy atom. The lowest BCUT2D eigenvalue weighted by Crippen LogP contribution is -2.15. The Bertz CT molecular complexity index is 927. The van der Waals surface area contributed by atoms with E-state index in [1.165, 1.54) is 6.20 Å². The fourth-order valence-corrected chi connectivity index (χ4v) is 2.32. The van der Waals surface area contributed by atoms with Crippen LogP contribution in [0, 0.1) is 6.92 Å². The third kappa shape index (κ3) is 2.37. The van der Waals surface area contributed by atoms with Crippen LogP contribution in [0.2, 0.25) is 5.02 Å². The van der Waals surface area contributed by atoms with Crippen LogP contribution in [0.4, 0.5) is 13.2 Å². The molecule has 8 heteroatoms. The molecule has 22 heavy (non-hydrogen) atoms. The number of nitrogens with one attached hydrogen (secondary N) is 1. The summed E-state index contributed by atoms with van der Waals surface area (Å²) >= 11 is 6.02. The van der Waals surface area contributed by atoms with E-state index in [4.69, 9.17) is 11.6 Å². The highest BCUT2D eigenvalue weighted by atomic mass is 35.5. The van der Waals surface area contributed by atoms with Gasteiger partial charge in [0.05, 0.1) is 18.1 Å². The summed E-state index contributed by atoms with van der Waals surface area (Å²) in [6.45, 7) is 1.82. The molecule has 1 N–H and O–H groups in total. The molecule has 0 atom stereocenters. The third-order valence-corrected chi connectivity index (χ3v) is 3.71. The van der Waals surface area contributed by atoms with Crippen molar-refractivity contribution in [3.8, 4) is 11.3 Å². The van der Waals surface area contributed by atoms with E-state index in [1.54, 1.807) is 18.2 Å². The van der Waals surface area contributed by atoms with Gasteiger partial charge in [0, 0.05) is 10.6 Å². The maximum Gasteiger partial charge on any atom is 0.420 e. The molecule has 0 fully saturated rings. The number of aromatic amines is 1. The number of benzene rings is 1. The monoisotopic (exact) mass is 327 g/mol. The molecule has 0 saturated heterocycles.